The Labute approximate surface area is 280 Å². The van der Waals surface area contributed by atoms with Gasteiger partial charge in [0.15, 0.2) is 0 Å². The number of nitrogens with one attached hydrogen (secondary N) is 1. The first-order chi connectivity index (χ1) is 22.1. The smallest absolute Gasteiger partial charge is 0.220 e. The van der Waals surface area contributed by atoms with Crippen LogP contribution in [0.2, 0.25) is 0 Å². The summed E-state index contributed by atoms with van der Waals surface area (Å²) >= 11 is 0. The number of aliphatic hydroxyl groups is 3. The van der Waals surface area contributed by atoms with Crippen LogP contribution in [-0.2, 0) is 4.79 Å². The van der Waals surface area contributed by atoms with Crippen molar-refractivity contribution in [2.45, 2.75) is 218 Å². The van der Waals surface area contributed by atoms with Gasteiger partial charge < -0.3 is 20.6 Å². The largest absolute Gasteiger partial charge is 0.396 e. The van der Waals surface area contributed by atoms with Crippen molar-refractivity contribution < 1.29 is 20.1 Å². The number of carbonyl (C=O) groups is 1. The standard InChI is InChI=1S/C40H77NO4/c1-3-5-7-9-11-13-15-17-18-19-20-22-24-26-28-30-32-34-39(44)41-37(35-36-42)40(45)38(43)33-31-29-27-25-23-21-16-14-12-10-8-6-4-2/h11,13,15,17,37-38,40,42-43,45H,3-10,12,14,16,18-36H2,1-2H3,(H,41,44)/b13-11-,17-15+. The fourth-order valence-electron chi connectivity index (χ4n) is 6.03. The molecule has 0 aromatic carbocycles. The lowest BCUT2D eigenvalue weighted by Crippen LogP contribution is -2.49. The number of aliphatic hydroxyl groups excluding tert-OH is 3. The summed E-state index contributed by atoms with van der Waals surface area (Å²) in [6.45, 7) is 4.38. The molecule has 266 valence electrons. The summed E-state index contributed by atoms with van der Waals surface area (Å²) in [5, 5.41) is 33.6. The van der Waals surface area contributed by atoms with Gasteiger partial charge in [0.2, 0.25) is 5.91 Å². The highest BCUT2D eigenvalue weighted by molar-refractivity contribution is 5.76. The van der Waals surface area contributed by atoms with Crippen LogP contribution in [0.5, 0.6) is 0 Å². The quantitative estimate of drug-likeness (QED) is 0.0412. The molecule has 45 heavy (non-hydrogen) atoms. The van der Waals surface area contributed by atoms with E-state index in [2.05, 4.69) is 43.5 Å². The van der Waals surface area contributed by atoms with Crippen LogP contribution in [0.4, 0.5) is 0 Å². The number of amides is 1. The average Bonchev–Trinajstić information content (AvgIpc) is 3.04. The number of rotatable bonds is 35. The first-order valence-corrected chi connectivity index (χ1v) is 19.6. The van der Waals surface area contributed by atoms with E-state index in [9.17, 15) is 20.1 Å². The van der Waals surface area contributed by atoms with Crippen molar-refractivity contribution >= 4 is 5.91 Å². The molecule has 0 rings (SSSR count). The molecule has 0 aliphatic carbocycles. The number of hydrogen-bond donors (Lipinski definition) is 4. The van der Waals surface area contributed by atoms with Crippen molar-refractivity contribution in [1.29, 1.82) is 0 Å². The summed E-state index contributed by atoms with van der Waals surface area (Å²) in [4.78, 5) is 12.5. The summed E-state index contributed by atoms with van der Waals surface area (Å²) in [6, 6.07) is -0.601. The minimum Gasteiger partial charge on any atom is -0.396 e. The van der Waals surface area contributed by atoms with Gasteiger partial charge in [0.1, 0.15) is 6.10 Å². The first kappa shape index (κ1) is 43.8. The first-order valence-electron chi connectivity index (χ1n) is 19.6. The van der Waals surface area contributed by atoms with E-state index in [-0.39, 0.29) is 18.9 Å². The third-order valence-electron chi connectivity index (χ3n) is 9.08. The van der Waals surface area contributed by atoms with Gasteiger partial charge in [0.05, 0.1) is 12.1 Å². The van der Waals surface area contributed by atoms with Gasteiger partial charge in [-0.15, -0.1) is 0 Å². The molecule has 3 atom stereocenters. The number of hydrogen-bond acceptors (Lipinski definition) is 4. The molecule has 0 saturated carbocycles. The summed E-state index contributed by atoms with van der Waals surface area (Å²) in [5.74, 6) is -0.0930. The van der Waals surface area contributed by atoms with Crippen molar-refractivity contribution in [3.63, 3.8) is 0 Å². The SMILES string of the molecule is CCCCC/C=C\C=C\CCCCCCCCCCC(=O)NC(CCO)C(O)C(O)CCCCCCCCCCCCCCC. The molecule has 0 aliphatic heterocycles. The zero-order chi connectivity index (χ0) is 33.1. The predicted molar refractivity (Wildman–Crippen MR) is 195 cm³/mol. The molecule has 0 aromatic heterocycles. The lowest BCUT2D eigenvalue weighted by molar-refractivity contribution is -0.123. The molecule has 0 aromatic rings. The molecule has 0 heterocycles. The molecule has 5 nitrogen and oxygen atoms in total. The zero-order valence-corrected chi connectivity index (χ0v) is 30.0. The molecule has 0 radical (unpaired) electrons. The highest BCUT2D eigenvalue weighted by Gasteiger charge is 2.27. The maximum Gasteiger partial charge on any atom is 0.220 e. The van der Waals surface area contributed by atoms with Gasteiger partial charge >= 0.3 is 0 Å². The van der Waals surface area contributed by atoms with E-state index in [1.54, 1.807) is 0 Å². The van der Waals surface area contributed by atoms with E-state index >= 15 is 0 Å². The summed E-state index contributed by atoms with van der Waals surface area (Å²) in [6.07, 6.45) is 40.4. The van der Waals surface area contributed by atoms with E-state index in [0.29, 0.717) is 12.8 Å². The Balaban J connectivity index is 3.79. The van der Waals surface area contributed by atoms with Crippen molar-refractivity contribution in [1.82, 2.24) is 5.32 Å². The number of unbranched alkanes of at least 4 members (excludes halogenated alkanes) is 23. The van der Waals surface area contributed by atoms with Gasteiger partial charge in [-0.05, 0) is 44.9 Å². The highest BCUT2D eigenvalue weighted by atomic mass is 16.3. The van der Waals surface area contributed by atoms with E-state index in [1.807, 2.05) is 0 Å². The fraction of sp³-hybridized carbons (Fsp3) is 0.875. The fourth-order valence-corrected chi connectivity index (χ4v) is 6.03. The predicted octanol–water partition coefficient (Wildman–Crippen LogP) is 10.7. The van der Waals surface area contributed by atoms with Crippen LogP contribution in [0, 0.1) is 0 Å². The Morgan fingerprint density at radius 3 is 1.44 bits per heavy atom. The Morgan fingerprint density at radius 1 is 0.556 bits per heavy atom. The number of carbonyl (C=O) groups excluding carboxylic acids is 1. The van der Waals surface area contributed by atoms with Crippen LogP contribution < -0.4 is 5.32 Å². The van der Waals surface area contributed by atoms with Crippen molar-refractivity contribution in [3.8, 4) is 0 Å². The topological polar surface area (TPSA) is 89.8 Å². The second-order valence-corrected chi connectivity index (χ2v) is 13.5. The van der Waals surface area contributed by atoms with Crippen molar-refractivity contribution in [3.05, 3.63) is 24.3 Å². The maximum absolute atomic E-state index is 12.5. The highest BCUT2D eigenvalue weighted by Crippen LogP contribution is 2.16. The molecule has 5 heteroatoms. The van der Waals surface area contributed by atoms with Gasteiger partial charge in [-0.2, -0.15) is 0 Å². The number of allylic oxidation sites excluding steroid dienone is 4. The third kappa shape index (κ3) is 31.2. The van der Waals surface area contributed by atoms with E-state index in [0.717, 1.165) is 38.5 Å². The second kappa shape index (κ2) is 35.7. The van der Waals surface area contributed by atoms with Crippen LogP contribution in [0.15, 0.2) is 24.3 Å². The summed E-state index contributed by atoms with van der Waals surface area (Å²) < 4.78 is 0. The Hall–Kier alpha value is -1.17. The minimum absolute atomic E-state index is 0.0930. The summed E-state index contributed by atoms with van der Waals surface area (Å²) in [5.41, 5.74) is 0. The van der Waals surface area contributed by atoms with Gasteiger partial charge in [-0.25, -0.2) is 0 Å². The zero-order valence-electron chi connectivity index (χ0n) is 30.0. The molecule has 1 amide bonds. The lowest BCUT2D eigenvalue weighted by atomic mass is 9.97. The molecule has 4 N–H and O–H groups in total. The monoisotopic (exact) mass is 636 g/mol. The van der Waals surface area contributed by atoms with E-state index < -0.39 is 18.2 Å². The average molecular weight is 636 g/mol. The molecule has 3 unspecified atom stereocenters. The van der Waals surface area contributed by atoms with Crippen molar-refractivity contribution in [2.75, 3.05) is 6.61 Å². The maximum atomic E-state index is 12.5. The Kier molecular flexibility index (Phi) is 34.8. The van der Waals surface area contributed by atoms with Gasteiger partial charge in [0, 0.05) is 13.0 Å². The molecule has 0 spiro atoms. The molecular formula is C40H77NO4. The Morgan fingerprint density at radius 2 is 0.956 bits per heavy atom. The van der Waals surface area contributed by atoms with Crippen LogP contribution in [0.25, 0.3) is 0 Å². The molecule has 0 fully saturated rings. The van der Waals surface area contributed by atoms with Gasteiger partial charge in [-0.1, -0.05) is 173 Å². The van der Waals surface area contributed by atoms with E-state index in [4.69, 9.17) is 0 Å². The van der Waals surface area contributed by atoms with Crippen LogP contribution in [0.3, 0.4) is 0 Å². The normalized spacial score (nSPS) is 14.0. The lowest BCUT2D eigenvalue weighted by Gasteiger charge is -2.27. The van der Waals surface area contributed by atoms with Gasteiger partial charge in [0.25, 0.3) is 0 Å². The van der Waals surface area contributed by atoms with Gasteiger partial charge in [-0.3, -0.25) is 4.79 Å². The molecule has 0 aliphatic rings. The molecule has 0 bridgehead atoms. The van der Waals surface area contributed by atoms with Crippen molar-refractivity contribution in [2.24, 2.45) is 0 Å². The Bertz CT molecular complexity index is 665. The molecule has 0 saturated heterocycles. The van der Waals surface area contributed by atoms with Crippen LogP contribution in [-0.4, -0.2) is 46.1 Å². The van der Waals surface area contributed by atoms with E-state index in [1.165, 1.54) is 128 Å². The second-order valence-electron chi connectivity index (χ2n) is 13.5. The molecular weight excluding hydrogens is 558 g/mol. The summed E-state index contributed by atoms with van der Waals surface area (Å²) in [7, 11) is 0. The third-order valence-corrected chi connectivity index (χ3v) is 9.08. The van der Waals surface area contributed by atoms with Crippen LogP contribution in [0.1, 0.15) is 200 Å². The van der Waals surface area contributed by atoms with Crippen LogP contribution >= 0.6 is 0 Å². The minimum atomic E-state index is -1.04.